The molecule has 0 bridgehead atoms. The molecule has 26 heavy (non-hydrogen) atoms. The number of amides is 2. The Morgan fingerprint density at radius 1 is 0.885 bits per heavy atom. The summed E-state index contributed by atoms with van der Waals surface area (Å²) in [5.41, 5.74) is 2.27. The van der Waals surface area contributed by atoms with Crippen LogP contribution < -0.4 is 15.4 Å². The first-order valence-corrected chi connectivity index (χ1v) is 8.19. The molecule has 0 radical (unpaired) electrons. The summed E-state index contributed by atoms with van der Waals surface area (Å²) in [6, 6.07) is 17.7. The van der Waals surface area contributed by atoms with E-state index < -0.39 is 6.10 Å². The molecule has 2 amide bonds. The fourth-order valence-electron chi connectivity index (χ4n) is 2.79. The molecule has 1 aromatic heterocycles. The lowest BCUT2D eigenvalue weighted by Crippen LogP contribution is -2.31. The van der Waals surface area contributed by atoms with Gasteiger partial charge < -0.3 is 19.8 Å². The Morgan fingerprint density at radius 3 is 2.31 bits per heavy atom. The Morgan fingerprint density at radius 2 is 1.62 bits per heavy atom. The highest BCUT2D eigenvalue weighted by Crippen LogP contribution is 2.28. The number of rotatable bonds is 4. The van der Waals surface area contributed by atoms with Crippen molar-refractivity contribution in [1.29, 1.82) is 0 Å². The third-order valence-electron chi connectivity index (χ3n) is 4.09. The molecule has 0 fully saturated rings. The van der Waals surface area contributed by atoms with Gasteiger partial charge in [-0.3, -0.25) is 9.59 Å². The van der Waals surface area contributed by atoms with Crippen LogP contribution >= 0.6 is 0 Å². The lowest BCUT2D eigenvalue weighted by Gasteiger charge is -2.12. The van der Waals surface area contributed by atoms with E-state index in [2.05, 4.69) is 10.6 Å². The molecule has 2 aromatic carbocycles. The number of carbonyl (C=O) groups is 2. The first kappa shape index (κ1) is 16.0. The molecule has 0 saturated carbocycles. The maximum atomic E-state index is 12.4. The van der Waals surface area contributed by atoms with Crippen LogP contribution in [0.25, 0.3) is 0 Å². The van der Waals surface area contributed by atoms with E-state index in [1.54, 1.807) is 36.4 Å². The van der Waals surface area contributed by atoms with Crippen molar-refractivity contribution in [3.8, 4) is 5.75 Å². The molecule has 1 aliphatic heterocycles. The molecule has 3 aromatic rings. The summed E-state index contributed by atoms with van der Waals surface area (Å²) >= 11 is 0. The van der Waals surface area contributed by atoms with Gasteiger partial charge in [0.15, 0.2) is 11.9 Å². The van der Waals surface area contributed by atoms with Crippen LogP contribution in [0, 0.1) is 0 Å². The SMILES string of the molecule is O=C(Nc1ccc(NC(=O)C2Cc3ccccc3O2)cc1)c1ccco1. The maximum absolute atomic E-state index is 12.4. The Hall–Kier alpha value is -3.54. The predicted octanol–water partition coefficient (Wildman–Crippen LogP) is 3.47. The molecule has 1 aliphatic rings. The summed E-state index contributed by atoms with van der Waals surface area (Å²) in [6.07, 6.45) is 1.46. The number of hydrogen-bond acceptors (Lipinski definition) is 4. The second kappa shape index (κ2) is 6.76. The van der Waals surface area contributed by atoms with Crippen molar-refractivity contribution < 1.29 is 18.7 Å². The molecule has 0 saturated heterocycles. The zero-order valence-corrected chi connectivity index (χ0v) is 13.8. The number of nitrogens with one attached hydrogen (secondary N) is 2. The van der Waals surface area contributed by atoms with E-state index in [1.807, 2.05) is 24.3 Å². The summed E-state index contributed by atoms with van der Waals surface area (Å²) in [7, 11) is 0. The summed E-state index contributed by atoms with van der Waals surface area (Å²) in [6.45, 7) is 0. The molecule has 2 N–H and O–H groups in total. The summed E-state index contributed by atoms with van der Waals surface area (Å²) in [5, 5.41) is 5.55. The fourth-order valence-corrected chi connectivity index (χ4v) is 2.79. The van der Waals surface area contributed by atoms with Crippen LogP contribution in [0.5, 0.6) is 5.75 Å². The van der Waals surface area contributed by atoms with Crippen LogP contribution in [0.3, 0.4) is 0 Å². The highest BCUT2D eigenvalue weighted by atomic mass is 16.5. The van der Waals surface area contributed by atoms with Crippen LogP contribution in [0.4, 0.5) is 11.4 Å². The van der Waals surface area contributed by atoms with Crippen molar-refractivity contribution in [2.45, 2.75) is 12.5 Å². The van der Waals surface area contributed by atoms with Crippen molar-refractivity contribution in [2.75, 3.05) is 10.6 Å². The molecule has 130 valence electrons. The third-order valence-corrected chi connectivity index (χ3v) is 4.09. The van der Waals surface area contributed by atoms with E-state index in [9.17, 15) is 9.59 Å². The molecule has 6 nitrogen and oxygen atoms in total. The van der Waals surface area contributed by atoms with Crippen LogP contribution in [0.15, 0.2) is 71.3 Å². The summed E-state index contributed by atoms with van der Waals surface area (Å²) in [5.74, 6) is 0.460. The highest BCUT2D eigenvalue weighted by molar-refractivity contribution is 6.02. The van der Waals surface area contributed by atoms with E-state index >= 15 is 0 Å². The molecule has 0 spiro atoms. The van der Waals surface area contributed by atoms with Gasteiger partial charge in [0.1, 0.15) is 5.75 Å². The number of fused-ring (bicyclic) bond motifs is 1. The van der Waals surface area contributed by atoms with E-state index in [1.165, 1.54) is 6.26 Å². The van der Waals surface area contributed by atoms with Gasteiger partial charge in [0, 0.05) is 17.8 Å². The average Bonchev–Trinajstić information content (AvgIpc) is 3.33. The normalized spacial score (nSPS) is 15.0. The second-order valence-corrected chi connectivity index (χ2v) is 5.92. The van der Waals surface area contributed by atoms with Crippen molar-refractivity contribution >= 4 is 23.2 Å². The number of carbonyl (C=O) groups excluding carboxylic acids is 2. The molecular weight excluding hydrogens is 332 g/mol. The number of para-hydroxylation sites is 1. The van der Waals surface area contributed by atoms with Gasteiger partial charge in [0.05, 0.1) is 6.26 Å². The number of hydrogen-bond donors (Lipinski definition) is 2. The summed E-state index contributed by atoms with van der Waals surface area (Å²) < 4.78 is 10.7. The number of ether oxygens (including phenoxy) is 1. The van der Waals surface area contributed by atoms with Gasteiger partial charge >= 0.3 is 0 Å². The van der Waals surface area contributed by atoms with E-state index in [0.717, 1.165) is 11.3 Å². The van der Waals surface area contributed by atoms with Crippen molar-refractivity contribution in [3.05, 3.63) is 78.3 Å². The maximum Gasteiger partial charge on any atom is 0.291 e. The minimum Gasteiger partial charge on any atom is -0.480 e. The molecule has 0 aliphatic carbocycles. The minimum atomic E-state index is -0.536. The van der Waals surface area contributed by atoms with Gasteiger partial charge in [-0.25, -0.2) is 0 Å². The first-order valence-electron chi connectivity index (χ1n) is 8.19. The van der Waals surface area contributed by atoms with Gasteiger partial charge in [0.25, 0.3) is 11.8 Å². The van der Waals surface area contributed by atoms with Crippen molar-refractivity contribution in [1.82, 2.24) is 0 Å². The predicted molar refractivity (Wildman–Crippen MR) is 96.3 cm³/mol. The van der Waals surface area contributed by atoms with Gasteiger partial charge in [-0.05, 0) is 48.0 Å². The molecular formula is C20H16N2O4. The number of anilines is 2. The highest BCUT2D eigenvalue weighted by Gasteiger charge is 2.28. The van der Waals surface area contributed by atoms with Crippen LogP contribution in [-0.4, -0.2) is 17.9 Å². The second-order valence-electron chi connectivity index (χ2n) is 5.92. The van der Waals surface area contributed by atoms with Crippen molar-refractivity contribution in [3.63, 3.8) is 0 Å². The lowest BCUT2D eigenvalue weighted by molar-refractivity contribution is -0.122. The van der Waals surface area contributed by atoms with Crippen LogP contribution in [0.2, 0.25) is 0 Å². The molecule has 1 atom stereocenters. The number of furan rings is 1. The smallest absolute Gasteiger partial charge is 0.291 e. The van der Waals surface area contributed by atoms with Gasteiger partial charge in [-0.15, -0.1) is 0 Å². The third kappa shape index (κ3) is 3.30. The first-order chi connectivity index (χ1) is 12.7. The Labute approximate surface area is 149 Å². The minimum absolute atomic E-state index is 0.200. The topological polar surface area (TPSA) is 80.6 Å². The van der Waals surface area contributed by atoms with Gasteiger partial charge in [-0.1, -0.05) is 18.2 Å². The average molecular weight is 348 g/mol. The van der Waals surface area contributed by atoms with E-state index in [-0.39, 0.29) is 17.6 Å². The standard InChI is InChI=1S/C20H16N2O4/c23-19(17-6-3-11-25-17)21-14-7-9-15(10-8-14)22-20(24)18-12-13-4-1-2-5-16(13)26-18/h1-11,18H,12H2,(H,21,23)(H,22,24). The van der Waals surface area contributed by atoms with Crippen LogP contribution in [0.1, 0.15) is 16.1 Å². The quantitative estimate of drug-likeness (QED) is 0.756. The Kier molecular flexibility index (Phi) is 4.15. The fraction of sp³-hybridized carbons (Fsp3) is 0.100. The van der Waals surface area contributed by atoms with Crippen molar-refractivity contribution in [2.24, 2.45) is 0 Å². The Balaban J connectivity index is 1.36. The largest absolute Gasteiger partial charge is 0.480 e. The number of benzene rings is 2. The Bertz CT molecular complexity index is 908. The van der Waals surface area contributed by atoms with E-state index in [4.69, 9.17) is 9.15 Å². The zero-order chi connectivity index (χ0) is 17.9. The monoisotopic (exact) mass is 348 g/mol. The zero-order valence-electron chi connectivity index (χ0n) is 13.8. The van der Waals surface area contributed by atoms with Gasteiger partial charge in [-0.2, -0.15) is 0 Å². The molecule has 4 rings (SSSR count). The van der Waals surface area contributed by atoms with Gasteiger partial charge in [0.2, 0.25) is 0 Å². The lowest BCUT2D eigenvalue weighted by atomic mass is 10.1. The van der Waals surface area contributed by atoms with Crippen LogP contribution in [-0.2, 0) is 11.2 Å². The molecule has 6 heteroatoms. The van der Waals surface area contributed by atoms with E-state index in [0.29, 0.717) is 17.8 Å². The molecule has 2 heterocycles. The summed E-state index contributed by atoms with van der Waals surface area (Å²) in [4.78, 5) is 24.3. The molecule has 1 unspecified atom stereocenters.